The van der Waals surface area contributed by atoms with Gasteiger partial charge in [0.2, 0.25) is 5.91 Å². The quantitative estimate of drug-likeness (QED) is 0.870. The lowest BCUT2D eigenvalue weighted by Crippen LogP contribution is -2.33. The topological polar surface area (TPSA) is 73.4 Å². The first-order valence-electron chi connectivity index (χ1n) is 6.76. The third-order valence-corrected chi connectivity index (χ3v) is 3.06. The van der Waals surface area contributed by atoms with E-state index in [4.69, 9.17) is 10.5 Å². The van der Waals surface area contributed by atoms with Crippen molar-refractivity contribution in [3.63, 3.8) is 0 Å². The van der Waals surface area contributed by atoms with E-state index in [1.807, 2.05) is 31.2 Å². The molecule has 21 heavy (non-hydrogen) atoms. The van der Waals surface area contributed by atoms with Crippen LogP contribution in [0.3, 0.4) is 0 Å². The first-order valence-corrected chi connectivity index (χ1v) is 6.76. The fourth-order valence-corrected chi connectivity index (χ4v) is 1.86. The lowest BCUT2D eigenvalue weighted by molar-refractivity contribution is -0.131. The van der Waals surface area contributed by atoms with Crippen LogP contribution in [0, 0.1) is 6.92 Å². The van der Waals surface area contributed by atoms with Crippen molar-refractivity contribution in [2.24, 2.45) is 0 Å². The van der Waals surface area contributed by atoms with Gasteiger partial charge in [-0.25, -0.2) is 0 Å². The number of aryl methyl sites for hydroxylation is 1. The second kappa shape index (κ2) is 6.78. The molecule has 0 radical (unpaired) electrons. The number of hydrogen-bond donors (Lipinski definition) is 1. The molecule has 1 aromatic carbocycles. The number of benzene rings is 1. The highest BCUT2D eigenvalue weighted by Crippen LogP contribution is 2.12. The number of carbonyl (C=O) groups is 1. The first kappa shape index (κ1) is 14.9. The fraction of sp³-hybridized carbons (Fsp3) is 0.333. The van der Waals surface area contributed by atoms with Crippen LogP contribution < -0.4 is 10.5 Å². The molecule has 0 spiro atoms. The molecule has 0 aliphatic rings. The second-order valence-electron chi connectivity index (χ2n) is 4.95. The molecule has 0 saturated carbocycles. The monoisotopic (exact) mass is 288 g/mol. The summed E-state index contributed by atoms with van der Waals surface area (Å²) in [7, 11) is 1.74. The van der Waals surface area contributed by atoms with Crippen molar-refractivity contribution >= 4 is 11.6 Å². The Bertz CT molecular complexity index is 609. The van der Waals surface area contributed by atoms with E-state index in [0.717, 1.165) is 11.3 Å². The molecule has 6 nitrogen and oxygen atoms in total. The number of nitrogen functional groups attached to an aromatic ring is 1. The van der Waals surface area contributed by atoms with Gasteiger partial charge in [0.25, 0.3) is 0 Å². The number of aromatic nitrogens is 2. The zero-order chi connectivity index (χ0) is 15.2. The number of likely N-dealkylation sites (N-methyl/N-ethyl adjacent to an activating group) is 1. The first-order chi connectivity index (χ1) is 10.0. The van der Waals surface area contributed by atoms with Gasteiger partial charge >= 0.3 is 0 Å². The maximum atomic E-state index is 12.0. The van der Waals surface area contributed by atoms with Gasteiger partial charge in [-0.2, -0.15) is 5.10 Å². The molecule has 0 aliphatic heterocycles. The van der Waals surface area contributed by atoms with Crippen molar-refractivity contribution < 1.29 is 9.53 Å². The van der Waals surface area contributed by atoms with Gasteiger partial charge < -0.3 is 15.4 Å². The summed E-state index contributed by atoms with van der Waals surface area (Å²) < 4.78 is 7.15. The molecule has 1 aromatic heterocycles. The molecule has 0 fully saturated rings. The van der Waals surface area contributed by atoms with Crippen molar-refractivity contribution in [1.29, 1.82) is 0 Å². The minimum atomic E-state index is -0.0362. The number of rotatable bonds is 6. The van der Waals surface area contributed by atoms with Crippen LogP contribution in [0.25, 0.3) is 0 Å². The average Bonchev–Trinajstić information content (AvgIpc) is 2.84. The van der Waals surface area contributed by atoms with Gasteiger partial charge in [-0.15, -0.1) is 0 Å². The van der Waals surface area contributed by atoms with E-state index in [1.54, 1.807) is 18.1 Å². The predicted molar refractivity (Wildman–Crippen MR) is 81.0 cm³/mol. The van der Waals surface area contributed by atoms with Crippen LogP contribution in [-0.2, 0) is 11.3 Å². The highest BCUT2D eigenvalue weighted by molar-refractivity contribution is 5.75. The molecule has 0 atom stereocenters. The summed E-state index contributed by atoms with van der Waals surface area (Å²) in [5.74, 6) is 0.779. The minimum absolute atomic E-state index is 0.0362. The van der Waals surface area contributed by atoms with E-state index < -0.39 is 0 Å². The summed E-state index contributed by atoms with van der Waals surface area (Å²) in [5, 5.41) is 3.99. The lowest BCUT2D eigenvalue weighted by Gasteiger charge is -2.17. The second-order valence-corrected chi connectivity index (χ2v) is 4.95. The van der Waals surface area contributed by atoms with Gasteiger partial charge in [0, 0.05) is 13.2 Å². The van der Waals surface area contributed by atoms with Crippen molar-refractivity contribution in [3.05, 3.63) is 42.2 Å². The summed E-state index contributed by atoms with van der Waals surface area (Å²) >= 11 is 0. The third kappa shape index (κ3) is 4.52. The molecule has 2 aromatic rings. The molecule has 0 saturated heterocycles. The summed E-state index contributed by atoms with van der Waals surface area (Å²) in [6, 6.07) is 7.83. The van der Waals surface area contributed by atoms with Crippen LogP contribution in [0.4, 0.5) is 5.69 Å². The van der Waals surface area contributed by atoms with Crippen LogP contribution in [-0.4, -0.2) is 40.8 Å². The zero-order valence-corrected chi connectivity index (χ0v) is 12.3. The van der Waals surface area contributed by atoms with Gasteiger partial charge in [-0.3, -0.25) is 9.48 Å². The van der Waals surface area contributed by atoms with Crippen LogP contribution in [0.1, 0.15) is 5.56 Å². The molecule has 1 amide bonds. The summed E-state index contributed by atoms with van der Waals surface area (Å²) in [4.78, 5) is 13.6. The molecule has 0 aliphatic carbocycles. The summed E-state index contributed by atoms with van der Waals surface area (Å²) in [5.41, 5.74) is 7.25. The number of carbonyl (C=O) groups excluding carboxylic acids is 1. The normalized spacial score (nSPS) is 10.4. The van der Waals surface area contributed by atoms with Gasteiger partial charge in [-0.05, 0) is 24.6 Å². The standard InChI is InChI=1S/C15H20N4O2/c1-12-4-3-5-14(8-12)21-7-6-18(2)15(20)11-19-10-13(16)9-17-19/h3-5,8-10H,6-7,11,16H2,1-2H3. The van der Waals surface area contributed by atoms with Gasteiger partial charge in [-0.1, -0.05) is 12.1 Å². The van der Waals surface area contributed by atoms with Crippen LogP contribution in [0.15, 0.2) is 36.7 Å². The Morgan fingerprint density at radius 1 is 1.48 bits per heavy atom. The maximum Gasteiger partial charge on any atom is 0.244 e. The lowest BCUT2D eigenvalue weighted by atomic mass is 10.2. The molecule has 112 valence electrons. The average molecular weight is 288 g/mol. The molecular formula is C15H20N4O2. The molecule has 0 bridgehead atoms. The Labute approximate surface area is 124 Å². The largest absolute Gasteiger partial charge is 0.492 e. The number of amides is 1. The van der Waals surface area contributed by atoms with E-state index in [0.29, 0.717) is 18.8 Å². The van der Waals surface area contributed by atoms with Gasteiger partial charge in [0.1, 0.15) is 18.9 Å². The molecular weight excluding hydrogens is 268 g/mol. The Morgan fingerprint density at radius 3 is 2.95 bits per heavy atom. The fourth-order valence-electron chi connectivity index (χ4n) is 1.86. The predicted octanol–water partition coefficient (Wildman–Crippen LogP) is 1.31. The van der Waals surface area contributed by atoms with Crippen molar-refractivity contribution in [2.75, 3.05) is 25.9 Å². The van der Waals surface area contributed by atoms with E-state index >= 15 is 0 Å². The minimum Gasteiger partial charge on any atom is -0.492 e. The number of hydrogen-bond acceptors (Lipinski definition) is 4. The van der Waals surface area contributed by atoms with E-state index in [2.05, 4.69) is 5.10 Å². The third-order valence-electron chi connectivity index (χ3n) is 3.06. The van der Waals surface area contributed by atoms with Gasteiger partial charge in [0.15, 0.2) is 0 Å². The summed E-state index contributed by atoms with van der Waals surface area (Å²) in [6.07, 6.45) is 3.16. The molecule has 2 N–H and O–H groups in total. The molecule has 0 unspecified atom stereocenters. The van der Waals surface area contributed by atoms with Crippen molar-refractivity contribution in [3.8, 4) is 5.75 Å². The number of anilines is 1. The number of nitrogens with two attached hydrogens (primary N) is 1. The van der Waals surface area contributed by atoms with E-state index in [1.165, 1.54) is 10.9 Å². The van der Waals surface area contributed by atoms with Crippen molar-refractivity contribution in [2.45, 2.75) is 13.5 Å². The Kier molecular flexibility index (Phi) is 4.81. The Morgan fingerprint density at radius 2 is 2.29 bits per heavy atom. The maximum absolute atomic E-state index is 12.0. The smallest absolute Gasteiger partial charge is 0.244 e. The molecule has 1 heterocycles. The van der Waals surface area contributed by atoms with Gasteiger partial charge in [0.05, 0.1) is 18.4 Å². The SMILES string of the molecule is Cc1cccc(OCCN(C)C(=O)Cn2cc(N)cn2)c1. The van der Waals surface area contributed by atoms with E-state index in [9.17, 15) is 4.79 Å². The highest BCUT2D eigenvalue weighted by Gasteiger charge is 2.10. The van der Waals surface area contributed by atoms with E-state index in [-0.39, 0.29) is 12.5 Å². The van der Waals surface area contributed by atoms with Crippen LogP contribution in [0.2, 0.25) is 0 Å². The Hall–Kier alpha value is -2.50. The van der Waals surface area contributed by atoms with Crippen LogP contribution in [0.5, 0.6) is 5.75 Å². The number of ether oxygens (including phenoxy) is 1. The zero-order valence-electron chi connectivity index (χ0n) is 12.3. The Balaban J connectivity index is 1.76. The molecule has 6 heteroatoms. The number of nitrogens with zero attached hydrogens (tertiary/aromatic N) is 3. The summed E-state index contributed by atoms with van der Waals surface area (Å²) in [6.45, 7) is 3.16. The van der Waals surface area contributed by atoms with Crippen molar-refractivity contribution in [1.82, 2.24) is 14.7 Å². The highest BCUT2D eigenvalue weighted by atomic mass is 16.5. The molecule has 2 rings (SSSR count). The van der Waals surface area contributed by atoms with Crippen LogP contribution >= 0.6 is 0 Å².